The normalized spacial score (nSPS) is 11.0. The molecule has 0 aliphatic heterocycles. The summed E-state index contributed by atoms with van der Waals surface area (Å²) < 4.78 is 6.83. The monoisotopic (exact) mass is 336 g/mol. The summed E-state index contributed by atoms with van der Waals surface area (Å²) in [6.07, 6.45) is 0. The van der Waals surface area contributed by atoms with Crippen LogP contribution in [0.4, 0.5) is 5.82 Å². The average molecular weight is 337 g/mol. The zero-order chi connectivity index (χ0) is 15.7. The fourth-order valence-corrected chi connectivity index (χ4v) is 2.97. The van der Waals surface area contributed by atoms with Gasteiger partial charge in [-0.05, 0) is 25.1 Å². The summed E-state index contributed by atoms with van der Waals surface area (Å²) in [6, 6.07) is 7.20. The van der Waals surface area contributed by atoms with E-state index < -0.39 is 0 Å². The third-order valence-electron chi connectivity index (χ3n) is 3.03. The SMILES string of the molecule is Cc1cc(NC(=O)CSc2nc3cc(Cl)ccc3n2C)no1. The first-order valence-corrected chi connectivity index (χ1v) is 7.87. The Hall–Kier alpha value is -1.99. The minimum atomic E-state index is -0.164. The Labute approximate surface area is 135 Å². The van der Waals surface area contributed by atoms with Crippen molar-refractivity contribution in [1.29, 1.82) is 0 Å². The summed E-state index contributed by atoms with van der Waals surface area (Å²) in [5.74, 6) is 1.13. The van der Waals surface area contributed by atoms with Gasteiger partial charge in [-0.25, -0.2) is 4.98 Å². The van der Waals surface area contributed by atoms with Crippen LogP contribution in [-0.2, 0) is 11.8 Å². The molecule has 8 heteroatoms. The first kappa shape index (κ1) is 14.9. The molecule has 3 rings (SSSR count). The highest BCUT2D eigenvalue weighted by Gasteiger charge is 2.12. The zero-order valence-corrected chi connectivity index (χ0v) is 13.5. The maximum Gasteiger partial charge on any atom is 0.236 e. The van der Waals surface area contributed by atoms with Crippen LogP contribution in [0.2, 0.25) is 5.02 Å². The maximum absolute atomic E-state index is 11.9. The van der Waals surface area contributed by atoms with Crippen LogP contribution in [0.3, 0.4) is 0 Å². The summed E-state index contributed by atoms with van der Waals surface area (Å²) in [5.41, 5.74) is 1.78. The summed E-state index contributed by atoms with van der Waals surface area (Å²) >= 11 is 7.32. The maximum atomic E-state index is 11.9. The summed E-state index contributed by atoms with van der Waals surface area (Å²) in [5, 5.41) is 7.79. The fraction of sp³-hybridized carbons (Fsp3) is 0.214. The number of amides is 1. The Kier molecular flexibility index (Phi) is 4.08. The van der Waals surface area contributed by atoms with Crippen LogP contribution >= 0.6 is 23.4 Å². The van der Waals surface area contributed by atoms with Gasteiger partial charge >= 0.3 is 0 Å². The van der Waals surface area contributed by atoms with Crippen molar-refractivity contribution in [1.82, 2.24) is 14.7 Å². The molecule has 0 fully saturated rings. The third kappa shape index (κ3) is 3.10. The van der Waals surface area contributed by atoms with E-state index in [4.69, 9.17) is 16.1 Å². The van der Waals surface area contributed by atoms with Crippen LogP contribution < -0.4 is 5.32 Å². The van der Waals surface area contributed by atoms with Gasteiger partial charge in [0, 0.05) is 18.1 Å². The van der Waals surface area contributed by atoms with Crippen LogP contribution in [0.1, 0.15) is 5.76 Å². The van der Waals surface area contributed by atoms with Crippen LogP contribution in [-0.4, -0.2) is 26.4 Å². The van der Waals surface area contributed by atoms with Crippen molar-refractivity contribution in [3.8, 4) is 0 Å². The largest absolute Gasteiger partial charge is 0.360 e. The number of aromatic nitrogens is 3. The molecule has 0 radical (unpaired) electrons. The van der Waals surface area contributed by atoms with E-state index in [1.54, 1.807) is 19.1 Å². The molecule has 1 N–H and O–H groups in total. The lowest BCUT2D eigenvalue weighted by atomic mass is 10.3. The number of hydrogen-bond donors (Lipinski definition) is 1. The molecule has 0 aliphatic rings. The van der Waals surface area contributed by atoms with Crippen LogP contribution in [0, 0.1) is 6.92 Å². The molecule has 0 spiro atoms. The molecule has 114 valence electrons. The van der Waals surface area contributed by atoms with E-state index in [0.29, 0.717) is 16.6 Å². The Morgan fingerprint density at radius 1 is 1.45 bits per heavy atom. The number of carbonyl (C=O) groups is 1. The second kappa shape index (κ2) is 6.02. The molecule has 1 amide bonds. The Bertz CT molecular complexity index is 843. The highest BCUT2D eigenvalue weighted by Crippen LogP contribution is 2.25. The van der Waals surface area contributed by atoms with Gasteiger partial charge in [0.25, 0.3) is 0 Å². The van der Waals surface area contributed by atoms with E-state index in [1.165, 1.54) is 11.8 Å². The molecule has 0 unspecified atom stereocenters. The number of hydrogen-bond acceptors (Lipinski definition) is 5. The van der Waals surface area contributed by atoms with Crippen LogP contribution in [0.15, 0.2) is 33.9 Å². The minimum Gasteiger partial charge on any atom is -0.360 e. The highest BCUT2D eigenvalue weighted by atomic mass is 35.5. The number of anilines is 1. The predicted molar refractivity (Wildman–Crippen MR) is 86.3 cm³/mol. The number of nitrogens with one attached hydrogen (secondary N) is 1. The molecule has 3 aromatic rings. The first-order chi connectivity index (χ1) is 10.5. The second-order valence-corrected chi connectivity index (χ2v) is 6.13. The zero-order valence-electron chi connectivity index (χ0n) is 12.0. The lowest BCUT2D eigenvalue weighted by Crippen LogP contribution is -2.14. The number of thioether (sulfide) groups is 1. The molecule has 22 heavy (non-hydrogen) atoms. The summed E-state index contributed by atoms with van der Waals surface area (Å²) in [4.78, 5) is 16.4. The van der Waals surface area contributed by atoms with E-state index in [-0.39, 0.29) is 11.7 Å². The fourth-order valence-electron chi connectivity index (χ4n) is 2.01. The van der Waals surface area contributed by atoms with Crippen molar-refractivity contribution in [2.75, 3.05) is 11.1 Å². The molecule has 6 nitrogen and oxygen atoms in total. The van der Waals surface area contributed by atoms with Crippen molar-refractivity contribution in [3.05, 3.63) is 35.0 Å². The van der Waals surface area contributed by atoms with Crippen molar-refractivity contribution in [2.24, 2.45) is 7.05 Å². The number of carbonyl (C=O) groups excluding carboxylic acids is 1. The van der Waals surface area contributed by atoms with Crippen molar-refractivity contribution in [2.45, 2.75) is 12.1 Å². The number of rotatable bonds is 4. The molecule has 0 aliphatic carbocycles. The molecular formula is C14H13ClN4O2S. The molecule has 0 atom stereocenters. The van der Waals surface area contributed by atoms with Gasteiger partial charge in [-0.3, -0.25) is 4.79 Å². The van der Waals surface area contributed by atoms with Crippen molar-refractivity contribution in [3.63, 3.8) is 0 Å². The van der Waals surface area contributed by atoms with Crippen molar-refractivity contribution >= 4 is 46.1 Å². The van der Waals surface area contributed by atoms with Crippen LogP contribution in [0.5, 0.6) is 0 Å². The molecule has 0 saturated heterocycles. The second-order valence-electron chi connectivity index (χ2n) is 4.75. The number of fused-ring (bicyclic) bond motifs is 1. The van der Waals surface area contributed by atoms with Gasteiger partial charge in [-0.1, -0.05) is 28.5 Å². The molecule has 0 bridgehead atoms. The molecular weight excluding hydrogens is 324 g/mol. The average Bonchev–Trinajstić information content (AvgIpc) is 3.00. The Morgan fingerprint density at radius 3 is 3.00 bits per heavy atom. The minimum absolute atomic E-state index is 0.164. The standard InChI is InChI=1S/C14H13ClN4O2S/c1-8-5-12(18-21-8)17-13(20)7-22-14-16-10-6-9(15)3-4-11(10)19(14)2/h3-6H,7H2,1-2H3,(H,17,18,20). The summed E-state index contributed by atoms with van der Waals surface area (Å²) in [6.45, 7) is 1.77. The Morgan fingerprint density at radius 2 is 2.27 bits per heavy atom. The first-order valence-electron chi connectivity index (χ1n) is 6.51. The van der Waals surface area contributed by atoms with Gasteiger partial charge in [0.05, 0.1) is 16.8 Å². The highest BCUT2D eigenvalue weighted by molar-refractivity contribution is 7.99. The number of benzene rings is 1. The topological polar surface area (TPSA) is 73.0 Å². The van der Waals surface area contributed by atoms with E-state index in [0.717, 1.165) is 16.2 Å². The van der Waals surface area contributed by atoms with Gasteiger partial charge < -0.3 is 14.4 Å². The lowest BCUT2D eigenvalue weighted by Gasteiger charge is -2.02. The van der Waals surface area contributed by atoms with Crippen molar-refractivity contribution < 1.29 is 9.32 Å². The number of halogens is 1. The van der Waals surface area contributed by atoms with E-state index in [1.807, 2.05) is 23.7 Å². The number of imidazole rings is 1. The van der Waals surface area contributed by atoms with E-state index in [2.05, 4.69) is 15.5 Å². The third-order valence-corrected chi connectivity index (χ3v) is 4.29. The predicted octanol–water partition coefficient (Wildman–Crippen LogP) is 3.25. The van der Waals surface area contributed by atoms with E-state index in [9.17, 15) is 4.79 Å². The Balaban J connectivity index is 1.68. The smallest absolute Gasteiger partial charge is 0.236 e. The summed E-state index contributed by atoms with van der Waals surface area (Å²) in [7, 11) is 1.91. The van der Waals surface area contributed by atoms with Gasteiger partial charge in [0.1, 0.15) is 5.76 Å². The molecule has 2 heterocycles. The quantitative estimate of drug-likeness (QED) is 0.740. The molecule has 0 saturated carbocycles. The number of nitrogens with zero attached hydrogens (tertiary/aromatic N) is 3. The molecule has 2 aromatic heterocycles. The van der Waals surface area contributed by atoms with Crippen LogP contribution in [0.25, 0.3) is 11.0 Å². The molecule has 1 aromatic carbocycles. The number of aryl methyl sites for hydroxylation is 2. The van der Waals surface area contributed by atoms with Gasteiger partial charge in [0.15, 0.2) is 11.0 Å². The van der Waals surface area contributed by atoms with E-state index >= 15 is 0 Å². The van der Waals surface area contributed by atoms with Gasteiger partial charge in [-0.15, -0.1) is 0 Å². The van der Waals surface area contributed by atoms with Gasteiger partial charge in [-0.2, -0.15) is 0 Å². The lowest BCUT2D eigenvalue weighted by molar-refractivity contribution is -0.113. The van der Waals surface area contributed by atoms with Gasteiger partial charge in [0.2, 0.25) is 5.91 Å².